The van der Waals surface area contributed by atoms with Gasteiger partial charge in [-0.15, -0.1) is 5.10 Å². The molecule has 0 saturated heterocycles. The third-order valence-electron chi connectivity index (χ3n) is 2.19. The Kier molecular flexibility index (Phi) is 4.10. The van der Waals surface area contributed by atoms with Gasteiger partial charge in [-0.25, -0.2) is 13.8 Å². The first-order valence-corrected chi connectivity index (χ1v) is 6.23. The van der Waals surface area contributed by atoms with Crippen LogP contribution >= 0.6 is 11.8 Å². The molecule has 0 amide bonds. The number of H-pyrrole nitrogens is 1. The number of rotatable bonds is 5. The summed E-state index contributed by atoms with van der Waals surface area (Å²) in [5.74, 6) is -2.46. The number of hydrogen-bond donors (Lipinski definition) is 2. The minimum atomic E-state index is -0.961. The predicted molar refractivity (Wildman–Crippen MR) is 63.9 cm³/mol. The maximum Gasteiger partial charge on any atom is 0.313 e. The van der Waals surface area contributed by atoms with Gasteiger partial charge in [-0.1, -0.05) is 17.8 Å². The quantitative estimate of drug-likeness (QED) is 0.820. The van der Waals surface area contributed by atoms with Gasteiger partial charge in [0.2, 0.25) is 5.16 Å². The SMILES string of the molecule is O=C(O)CSc1n[nH]c(Cc2ccc(F)c(F)c2)n1. The molecule has 2 N–H and O–H groups in total. The molecule has 0 radical (unpaired) electrons. The number of thioether (sulfide) groups is 1. The van der Waals surface area contributed by atoms with Crippen LogP contribution in [0.15, 0.2) is 23.4 Å². The average Bonchev–Trinajstić information content (AvgIpc) is 2.79. The molecule has 100 valence electrons. The van der Waals surface area contributed by atoms with E-state index in [9.17, 15) is 13.6 Å². The highest BCUT2D eigenvalue weighted by atomic mass is 32.2. The molecular formula is C11H9F2N3O2S. The lowest BCUT2D eigenvalue weighted by molar-refractivity contribution is -0.133. The van der Waals surface area contributed by atoms with Crippen molar-refractivity contribution in [1.82, 2.24) is 15.2 Å². The number of halogens is 2. The molecule has 0 saturated carbocycles. The minimum Gasteiger partial charge on any atom is -0.481 e. The van der Waals surface area contributed by atoms with E-state index in [0.29, 0.717) is 16.5 Å². The summed E-state index contributed by atoms with van der Waals surface area (Å²) in [4.78, 5) is 14.4. The molecule has 1 aromatic heterocycles. The van der Waals surface area contributed by atoms with Crippen molar-refractivity contribution in [2.45, 2.75) is 11.6 Å². The van der Waals surface area contributed by atoms with Crippen molar-refractivity contribution in [3.05, 3.63) is 41.2 Å². The van der Waals surface area contributed by atoms with Crippen molar-refractivity contribution < 1.29 is 18.7 Å². The first-order chi connectivity index (χ1) is 9.04. The van der Waals surface area contributed by atoms with Crippen molar-refractivity contribution in [2.75, 3.05) is 5.75 Å². The van der Waals surface area contributed by atoms with Gasteiger partial charge in [0.25, 0.3) is 0 Å². The molecule has 0 spiro atoms. The highest BCUT2D eigenvalue weighted by molar-refractivity contribution is 7.99. The number of carboxylic acid groups (broad SMARTS) is 1. The second-order valence-electron chi connectivity index (χ2n) is 3.67. The van der Waals surface area contributed by atoms with Crippen LogP contribution in [0.5, 0.6) is 0 Å². The van der Waals surface area contributed by atoms with Gasteiger partial charge >= 0.3 is 5.97 Å². The van der Waals surface area contributed by atoms with Gasteiger partial charge < -0.3 is 5.11 Å². The Labute approximate surface area is 111 Å². The number of nitrogens with zero attached hydrogens (tertiary/aromatic N) is 2. The molecule has 0 atom stereocenters. The van der Waals surface area contributed by atoms with E-state index >= 15 is 0 Å². The molecule has 8 heteroatoms. The fourth-order valence-corrected chi connectivity index (χ4v) is 1.93. The van der Waals surface area contributed by atoms with E-state index in [2.05, 4.69) is 15.2 Å². The van der Waals surface area contributed by atoms with E-state index in [1.54, 1.807) is 0 Å². The van der Waals surface area contributed by atoms with Crippen LogP contribution < -0.4 is 0 Å². The summed E-state index contributed by atoms with van der Waals surface area (Å²) in [6, 6.07) is 3.58. The Balaban J connectivity index is 2.02. The van der Waals surface area contributed by atoms with Crippen LogP contribution in [-0.2, 0) is 11.2 Å². The standard InChI is InChI=1S/C11H9F2N3O2S/c12-7-2-1-6(3-8(7)13)4-9-14-11(16-15-9)19-5-10(17)18/h1-3H,4-5H2,(H,17,18)(H,14,15,16). The first-order valence-electron chi connectivity index (χ1n) is 5.24. The highest BCUT2D eigenvalue weighted by Gasteiger charge is 2.08. The van der Waals surface area contributed by atoms with Gasteiger partial charge in [-0.3, -0.25) is 9.89 Å². The van der Waals surface area contributed by atoms with Crippen molar-refractivity contribution >= 4 is 17.7 Å². The van der Waals surface area contributed by atoms with Crippen LogP contribution in [0.25, 0.3) is 0 Å². The van der Waals surface area contributed by atoms with Crippen LogP contribution in [0.4, 0.5) is 8.78 Å². The number of aromatic nitrogens is 3. The molecule has 0 aliphatic heterocycles. The van der Waals surface area contributed by atoms with E-state index in [1.807, 2.05) is 0 Å². The number of hydrogen-bond acceptors (Lipinski definition) is 4. The van der Waals surface area contributed by atoms with E-state index in [0.717, 1.165) is 23.9 Å². The molecule has 1 aromatic carbocycles. The van der Waals surface area contributed by atoms with Gasteiger partial charge in [-0.2, -0.15) is 0 Å². The fourth-order valence-electron chi connectivity index (χ4n) is 1.39. The second-order valence-corrected chi connectivity index (χ2v) is 4.61. The Morgan fingerprint density at radius 1 is 1.37 bits per heavy atom. The summed E-state index contributed by atoms with van der Waals surface area (Å²) in [6.07, 6.45) is 0.262. The van der Waals surface area contributed by atoms with Crippen molar-refractivity contribution in [2.24, 2.45) is 0 Å². The summed E-state index contributed by atoms with van der Waals surface area (Å²) in [6.45, 7) is 0. The van der Waals surface area contributed by atoms with E-state index < -0.39 is 17.6 Å². The normalized spacial score (nSPS) is 10.6. The molecule has 0 aliphatic rings. The van der Waals surface area contributed by atoms with Crippen LogP contribution in [0.1, 0.15) is 11.4 Å². The monoisotopic (exact) mass is 285 g/mol. The largest absolute Gasteiger partial charge is 0.481 e. The smallest absolute Gasteiger partial charge is 0.313 e. The summed E-state index contributed by atoms with van der Waals surface area (Å²) < 4.78 is 25.8. The Morgan fingerprint density at radius 2 is 2.16 bits per heavy atom. The average molecular weight is 285 g/mol. The van der Waals surface area contributed by atoms with Crippen molar-refractivity contribution in [3.8, 4) is 0 Å². The molecule has 19 heavy (non-hydrogen) atoms. The Morgan fingerprint density at radius 3 is 2.84 bits per heavy atom. The molecule has 1 heterocycles. The number of benzene rings is 1. The van der Waals surface area contributed by atoms with Gasteiger partial charge in [0, 0.05) is 6.42 Å². The zero-order chi connectivity index (χ0) is 13.8. The summed E-state index contributed by atoms with van der Waals surface area (Å²) in [5, 5.41) is 15.3. The summed E-state index contributed by atoms with van der Waals surface area (Å²) >= 11 is 0.978. The number of nitrogens with one attached hydrogen (secondary N) is 1. The summed E-state index contributed by atoms with van der Waals surface area (Å²) in [7, 11) is 0. The minimum absolute atomic E-state index is 0.136. The number of carbonyl (C=O) groups is 1. The lowest BCUT2D eigenvalue weighted by Gasteiger charge is -1.98. The number of carboxylic acids is 1. The van der Waals surface area contributed by atoms with Crippen molar-refractivity contribution in [1.29, 1.82) is 0 Å². The molecule has 0 fully saturated rings. The zero-order valence-corrected chi connectivity index (χ0v) is 10.4. The van der Waals surface area contributed by atoms with Crippen LogP contribution in [0.2, 0.25) is 0 Å². The van der Waals surface area contributed by atoms with Crippen LogP contribution in [0, 0.1) is 11.6 Å². The highest BCUT2D eigenvalue weighted by Crippen LogP contribution is 2.15. The number of aliphatic carboxylic acids is 1. The molecular weight excluding hydrogens is 276 g/mol. The van der Waals surface area contributed by atoms with Gasteiger partial charge in [0.15, 0.2) is 11.6 Å². The van der Waals surface area contributed by atoms with E-state index in [4.69, 9.17) is 5.11 Å². The molecule has 2 rings (SSSR count). The maximum atomic E-state index is 13.0. The van der Waals surface area contributed by atoms with Crippen molar-refractivity contribution in [3.63, 3.8) is 0 Å². The predicted octanol–water partition coefficient (Wildman–Crippen LogP) is 1.85. The van der Waals surface area contributed by atoms with E-state index in [-0.39, 0.29) is 12.2 Å². The molecule has 5 nitrogen and oxygen atoms in total. The van der Waals surface area contributed by atoms with Gasteiger partial charge in [0.05, 0.1) is 5.75 Å². The van der Waals surface area contributed by atoms with Crippen LogP contribution in [0.3, 0.4) is 0 Å². The third-order valence-corrected chi connectivity index (χ3v) is 3.02. The van der Waals surface area contributed by atoms with E-state index in [1.165, 1.54) is 6.07 Å². The molecule has 0 unspecified atom stereocenters. The first kappa shape index (κ1) is 13.5. The maximum absolute atomic E-state index is 13.0. The lowest BCUT2D eigenvalue weighted by Crippen LogP contribution is -1.98. The lowest BCUT2D eigenvalue weighted by atomic mass is 10.1. The van der Waals surface area contributed by atoms with Gasteiger partial charge in [0.1, 0.15) is 5.82 Å². The van der Waals surface area contributed by atoms with Gasteiger partial charge in [-0.05, 0) is 17.7 Å². The molecule has 0 bridgehead atoms. The van der Waals surface area contributed by atoms with Crippen LogP contribution in [-0.4, -0.2) is 32.0 Å². The molecule has 2 aromatic rings. The Hall–Kier alpha value is -1.96. The second kappa shape index (κ2) is 5.79. The Bertz CT molecular complexity index is 603. The topological polar surface area (TPSA) is 78.9 Å². The third kappa shape index (κ3) is 3.75. The zero-order valence-electron chi connectivity index (χ0n) is 9.56. The fraction of sp³-hybridized carbons (Fsp3) is 0.182. The number of aromatic amines is 1. The summed E-state index contributed by atoms with van der Waals surface area (Å²) in [5.41, 5.74) is 0.546. The molecule has 0 aliphatic carbocycles.